The van der Waals surface area contributed by atoms with E-state index in [0.29, 0.717) is 48.6 Å². The number of likely N-dealkylation sites (tertiary alicyclic amines) is 1. The number of carbonyl (C=O) groups is 2. The number of amides is 1. The molecular formula is C18H19FN2O3S. The lowest BCUT2D eigenvalue weighted by Crippen LogP contribution is -2.39. The van der Waals surface area contributed by atoms with Gasteiger partial charge in [0.15, 0.2) is 0 Å². The van der Waals surface area contributed by atoms with Gasteiger partial charge in [-0.25, -0.2) is 9.37 Å². The molecule has 1 N–H and O–H groups in total. The summed E-state index contributed by atoms with van der Waals surface area (Å²) in [6.07, 6.45) is 1.92. The molecule has 5 nitrogen and oxygen atoms in total. The van der Waals surface area contributed by atoms with E-state index in [2.05, 4.69) is 4.98 Å². The van der Waals surface area contributed by atoms with E-state index >= 15 is 0 Å². The highest BCUT2D eigenvalue weighted by Crippen LogP contribution is 2.23. The molecule has 0 aliphatic carbocycles. The Bertz CT molecular complexity index is 769. The standard InChI is InChI=1S/C18H19FN2O3S/c19-14-4-2-1-3-13(14)10-16-20-15(11-25-16)18(24)21-7-5-12(6-8-21)9-17(22)23/h1-4,11-12H,5-10H2,(H,22,23). The van der Waals surface area contributed by atoms with Crippen molar-refractivity contribution in [2.75, 3.05) is 13.1 Å². The van der Waals surface area contributed by atoms with Gasteiger partial charge in [-0.05, 0) is 30.4 Å². The number of thiazole rings is 1. The zero-order valence-electron chi connectivity index (χ0n) is 13.7. The highest BCUT2D eigenvalue weighted by Gasteiger charge is 2.26. The van der Waals surface area contributed by atoms with Gasteiger partial charge in [-0.3, -0.25) is 9.59 Å². The van der Waals surface area contributed by atoms with Crippen LogP contribution < -0.4 is 0 Å². The van der Waals surface area contributed by atoms with Crippen LogP contribution in [0, 0.1) is 11.7 Å². The van der Waals surface area contributed by atoms with Crippen LogP contribution in [0.15, 0.2) is 29.6 Å². The van der Waals surface area contributed by atoms with E-state index in [0.717, 1.165) is 0 Å². The van der Waals surface area contributed by atoms with Gasteiger partial charge in [-0.15, -0.1) is 11.3 Å². The van der Waals surface area contributed by atoms with Gasteiger partial charge in [0.1, 0.15) is 11.5 Å². The molecule has 2 heterocycles. The van der Waals surface area contributed by atoms with Crippen LogP contribution in [-0.2, 0) is 11.2 Å². The predicted molar refractivity (Wildman–Crippen MR) is 92.2 cm³/mol. The van der Waals surface area contributed by atoms with Crippen molar-refractivity contribution in [2.45, 2.75) is 25.7 Å². The second kappa shape index (κ2) is 7.74. The number of aliphatic carboxylic acids is 1. The average molecular weight is 362 g/mol. The van der Waals surface area contributed by atoms with Crippen LogP contribution in [-0.4, -0.2) is 40.0 Å². The highest BCUT2D eigenvalue weighted by molar-refractivity contribution is 7.09. The molecule has 0 unspecified atom stereocenters. The Hall–Kier alpha value is -2.28. The number of halogens is 1. The number of carboxylic acid groups (broad SMARTS) is 1. The molecule has 0 spiro atoms. The Balaban J connectivity index is 1.60. The summed E-state index contributed by atoms with van der Waals surface area (Å²) in [5, 5.41) is 11.3. The molecule has 132 valence electrons. The first-order valence-electron chi connectivity index (χ1n) is 8.22. The largest absolute Gasteiger partial charge is 0.481 e. The SMILES string of the molecule is O=C(O)CC1CCN(C(=O)c2csc(Cc3ccccc3F)n2)CC1. The minimum Gasteiger partial charge on any atom is -0.481 e. The van der Waals surface area contributed by atoms with Crippen LogP contribution in [0.3, 0.4) is 0 Å². The lowest BCUT2D eigenvalue weighted by atomic mass is 9.93. The van der Waals surface area contributed by atoms with Crippen molar-refractivity contribution in [3.05, 3.63) is 51.7 Å². The maximum Gasteiger partial charge on any atom is 0.303 e. The third kappa shape index (κ3) is 4.42. The van der Waals surface area contributed by atoms with E-state index in [-0.39, 0.29) is 24.1 Å². The van der Waals surface area contributed by atoms with Gasteiger partial charge in [0.2, 0.25) is 0 Å². The Kier molecular flexibility index (Phi) is 5.43. The normalized spacial score (nSPS) is 15.3. The van der Waals surface area contributed by atoms with Crippen molar-refractivity contribution in [1.82, 2.24) is 9.88 Å². The first kappa shape index (κ1) is 17.5. The molecule has 1 saturated heterocycles. The van der Waals surface area contributed by atoms with E-state index in [1.807, 2.05) is 0 Å². The molecule has 1 aliphatic rings. The number of piperidine rings is 1. The smallest absolute Gasteiger partial charge is 0.303 e. The fraction of sp³-hybridized carbons (Fsp3) is 0.389. The molecule has 3 rings (SSSR count). The fourth-order valence-corrected chi connectivity index (χ4v) is 3.84. The summed E-state index contributed by atoms with van der Waals surface area (Å²) < 4.78 is 13.7. The Labute approximate surface area is 149 Å². The second-order valence-electron chi connectivity index (χ2n) is 6.23. The van der Waals surface area contributed by atoms with E-state index < -0.39 is 5.97 Å². The van der Waals surface area contributed by atoms with Gasteiger partial charge in [0.25, 0.3) is 5.91 Å². The zero-order valence-corrected chi connectivity index (χ0v) is 14.5. The molecule has 2 aromatic rings. The maximum atomic E-state index is 13.7. The lowest BCUT2D eigenvalue weighted by molar-refractivity contribution is -0.138. The number of benzene rings is 1. The minimum absolute atomic E-state index is 0.133. The summed E-state index contributed by atoms with van der Waals surface area (Å²) in [6, 6.07) is 6.55. The van der Waals surface area contributed by atoms with Gasteiger partial charge in [0.05, 0.1) is 5.01 Å². The molecule has 25 heavy (non-hydrogen) atoms. The monoisotopic (exact) mass is 362 g/mol. The molecule has 1 aliphatic heterocycles. The second-order valence-corrected chi connectivity index (χ2v) is 7.17. The van der Waals surface area contributed by atoms with E-state index in [4.69, 9.17) is 5.11 Å². The molecular weight excluding hydrogens is 343 g/mol. The van der Waals surface area contributed by atoms with Gasteiger partial charge in [-0.1, -0.05) is 18.2 Å². The molecule has 0 bridgehead atoms. The maximum absolute atomic E-state index is 13.7. The lowest BCUT2D eigenvalue weighted by Gasteiger charge is -2.30. The summed E-state index contributed by atoms with van der Waals surface area (Å²) >= 11 is 1.35. The van der Waals surface area contributed by atoms with E-state index in [1.54, 1.807) is 28.5 Å². The van der Waals surface area contributed by atoms with Crippen LogP contribution in [0.25, 0.3) is 0 Å². The summed E-state index contributed by atoms with van der Waals surface area (Å²) in [6.45, 7) is 1.11. The van der Waals surface area contributed by atoms with Crippen LogP contribution in [0.4, 0.5) is 4.39 Å². The molecule has 0 saturated carbocycles. The summed E-state index contributed by atoms with van der Waals surface area (Å²) in [4.78, 5) is 29.4. The Morgan fingerprint density at radius 3 is 2.68 bits per heavy atom. The third-order valence-electron chi connectivity index (χ3n) is 4.44. The highest BCUT2D eigenvalue weighted by atomic mass is 32.1. The average Bonchev–Trinajstić information content (AvgIpc) is 3.05. The van der Waals surface area contributed by atoms with E-state index in [9.17, 15) is 14.0 Å². The van der Waals surface area contributed by atoms with Crippen molar-refractivity contribution in [2.24, 2.45) is 5.92 Å². The number of hydrogen-bond acceptors (Lipinski definition) is 4. The van der Waals surface area contributed by atoms with Crippen LogP contribution >= 0.6 is 11.3 Å². The first-order valence-corrected chi connectivity index (χ1v) is 9.10. The van der Waals surface area contributed by atoms with Crippen molar-refractivity contribution in [3.63, 3.8) is 0 Å². The first-order chi connectivity index (χ1) is 12.0. The van der Waals surface area contributed by atoms with Gasteiger partial charge < -0.3 is 10.0 Å². The van der Waals surface area contributed by atoms with Crippen LogP contribution in [0.5, 0.6) is 0 Å². The van der Waals surface area contributed by atoms with E-state index in [1.165, 1.54) is 17.4 Å². The predicted octanol–water partition coefficient (Wildman–Crippen LogP) is 3.20. The van der Waals surface area contributed by atoms with Crippen molar-refractivity contribution in [3.8, 4) is 0 Å². The number of nitrogens with zero attached hydrogens (tertiary/aromatic N) is 2. The molecule has 0 atom stereocenters. The van der Waals surface area contributed by atoms with Crippen molar-refractivity contribution in [1.29, 1.82) is 0 Å². The van der Waals surface area contributed by atoms with Crippen molar-refractivity contribution < 1.29 is 19.1 Å². The third-order valence-corrected chi connectivity index (χ3v) is 5.28. The molecule has 0 radical (unpaired) electrons. The molecule has 1 amide bonds. The number of hydrogen-bond donors (Lipinski definition) is 1. The zero-order chi connectivity index (χ0) is 17.8. The van der Waals surface area contributed by atoms with Gasteiger partial charge in [-0.2, -0.15) is 0 Å². The molecule has 1 aromatic carbocycles. The molecule has 1 fully saturated rings. The van der Waals surface area contributed by atoms with Gasteiger partial charge >= 0.3 is 5.97 Å². The quantitative estimate of drug-likeness (QED) is 0.887. The van der Waals surface area contributed by atoms with Crippen molar-refractivity contribution >= 4 is 23.2 Å². The number of aromatic nitrogens is 1. The summed E-state index contributed by atoms with van der Waals surface area (Å²) in [5.41, 5.74) is 0.943. The van der Waals surface area contributed by atoms with Crippen LogP contribution in [0.1, 0.15) is 40.3 Å². The van der Waals surface area contributed by atoms with Crippen LogP contribution in [0.2, 0.25) is 0 Å². The fourth-order valence-electron chi connectivity index (χ4n) is 3.04. The topological polar surface area (TPSA) is 70.5 Å². The number of rotatable bonds is 5. The Morgan fingerprint density at radius 2 is 2.00 bits per heavy atom. The Morgan fingerprint density at radius 1 is 1.28 bits per heavy atom. The number of carbonyl (C=O) groups excluding carboxylic acids is 1. The molecule has 7 heteroatoms. The summed E-state index contributed by atoms with van der Waals surface area (Å²) in [7, 11) is 0. The number of carboxylic acids is 1. The molecule has 1 aromatic heterocycles. The summed E-state index contributed by atoms with van der Waals surface area (Å²) in [5.74, 6) is -1.06. The minimum atomic E-state index is -0.790. The van der Waals surface area contributed by atoms with Gasteiger partial charge in [0, 0.05) is 31.3 Å².